The number of hydrogen-bond donors (Lipinski definition) is 0. The molecule has 2 bridgehead atoms. The molecular weight excluding hydrogens is 546 g/mol. The Morgan fingerprint density at radius 2 is 1.66 bits per heavy atom. The van der Waals surface area contributed by atoms with Gasteiger partial charge < -0.3 is 13.9 Å². The highest BCUT2D eigenvalue weighted by Gasteiger charge is 2.44. The number of benzene rings is 2. The second-order valence-corrected chi connectivity index (χ2v) is 13.4. The summed E-state index contributed by atoms with van der Waals surface area (Å²) >= 11 is 0. The van der Waals surface area contributed by atoms with Crippen molar-refractivity contribution in [2.24, 2.45) is 0 Å². The summed E-state index contributed by atoms with van der Waals surface area (Å²) < 4.78 is 8.41. The number of aromatic nitrogens is 3. The molecule has 0 radical (unpaired) electrons. The lowest BCUT2D eigenvalue weighted by Crippen LogP contribution is -2.49. The molecule has 2 atom stereocenters. The summed E-state index contributed by atoms with van der Waals surface area (Å²) in [5.41, 5.74) is 4.90. The lowest BCUT2D eigenvalue weighted by molar-refractivity contribution is 0.0603. The lowest BCUT2D eigenvalue weighted by atomic mass is 9.70. The van der Waals surface area contributed by atoms with Crippen molar-refractivity contribution >= 4 is 27.9 Å². The Morgan fingerprint density at radius 3 is 2.43 bits per heavy atom. The predicted molar refractivity (Wildman–Crippen MR) is 173 cm³/mol. The minimum atomic E-state index is -0.0194. The summed E-state index contributed by atoms with van der Waals surface area (Å²) in [6.07, 6.45) is 9.73. The summed E-state index contributed by atoms with van der Waals surface area (Å²) in [6, 6.07) is 25.3. The van der Waals surface area contributed by atoms with E-state index >= 15 is 0 Å². The van der Waals surface area contributed by atoms with Gasteiger partial charge in [-0.1, -0.05) is 42.5 Å². The van der Waals surface area contributed by atoms with Gasteiger partial charge in [0.05, 0.1) is 11.0 Å². The van der Waals surface area contributed by atoms with E-state index in [9.17, 15) is 4.79 Å². The van der Waals surface area contributed by atoms with Gasteiger partial charge in [-0.05, 0) is 101 Å². The summed E-state index contributed by atoms with van der Waals surface area (Å²) in [6.45, 7) is 6.65. The summed E-state index contributed by atoms with van der Waals surface area (Å²) in [5.74, 6) is 1.92. The molecule has 8 rings (SSSR count). The van der Waals surface area contributed by atoms with Crippen molar-refractivity contribution in [2.75, 3.05) is 19.6 Å². The number of likely N-dealkylation sites (tertiary alicyclic amines) is 1. The molecule has 5 aromatic rings. The minimum absolute atomic E-state index is 0.0194. The molecule has 0 N–H and O–H groups in total. The molecule has 0 saturated carbocycles. The van der Waals surface area contributed by atoms with E-state index < -0.39 is 0 Å². The average molecular weight is 588 g/mol. The third-order valence-electron chi connectivity index (χ3n) is 11.0. The Morgan fingerprint density at radius 1 is 0.932 bits per heavy atom. The summed E-state index contributed by atoms with van der Waals surface area (Å²) in [4.78, 5) is 27.9. The van der Waals surface area contributed by atoms with Gasteiger partial charge in [0.25, 0.3) is 5.91 Å². The van der Waals surface area contributed by atoms with Gasteiger partial charge in [-0.25, -0.2) is 9.97 Å². The number of rotatable bonds is 6. The zero-order valence-electron chi connectivity index (χ0n) is 25.8. The van der Waals surface area contributed by atoms with Gasteiger partial charge >= 0.3 is 0 Å². The van der Waals surface area contributed by atoms with E-state index in [2.05, 4.69) is 76.0 Å². The van der Waals surface area contributed by atoms with Crippen LogP contribution in [0, 0.1) is 13.8 Å². The van der Waals surface area contributed by atoms with Crippen LogP contribution in [0.2, 0.25) is 0 Å². The van der Waals surface area contributed by atoms with Crippen LogP contribution < -0.4 is 0 Å². The zero-order valence-corrected chi connectivity index (χ0v) is 25.8. The summed E-state index contributed by atoms with van der Waals surface area (Å²) in [5, 5.41) is 0.936. The smallest absolute Gasteiger partial charge is 0.276 e. The first-order valence-electron chi connectivity index (χ1n) is 16.4. The Labute approximate surface area is 258 Å². The van der Waals surface area contributed by atoms with Crippen LogP contribution in [0.1, 0.15) is 78.6 Å². The van der Waals surface area contributed by atoms with Crippen LogP contribution in [0.5, 0.6) is 0 Å². The second-order valence-electron chi connectivity index (χ2n) is 13.4. The third-order valence-corrected chi connectivity index (χ3v) is 11.0. The van der Waals surface area contributed by atoms with E-state index in [4.69, 9.17) is 9.40 Å². The molecule has 0 aliphatic carbocycles. The van der Waals surface area contributed by atoms with Crippen molar-refractivity contribution in [3.63, 3.8) is 0 Å². The van der Waals surface area contributed by atoms with Crippen LogP contribution in [0.4, 0.5) is 0 Å². The number of pyridine rings is 1. The van der Waals surface area contributed by atoms with E-state index in [1.54, 1.807) is 6.20 Å². The number of carbonyl (C=O) groups is 1. The monoisotopic (exact) mass is 587 g/mol. The molecule has 3 aliphatic heterocycles. The first-order chi connectivity index (χ1) is 21.5. The number of amides is 1. The minimum Gasteiger partial charge on any atom is -0.459 e. The number of piperidine rings is 2. The molecule has 44 heavy (non-hydrogen) atoms. The van der Waals surface area contributed by atoms with Crippen LogP contribution in [-0.2, 0) is 5.41 Å². The van der Waals surface area contributed by atoms with Gasteiger partial charge in [0.2, 0.25) is 0 Å². The fourth-order valence-corrected chi connectivity index (χ4v) is 8.80. The first-order valence-corrected chi connectivity index (χ1v) is 16.4. The van der Waals surface area contributed by atoms with Crippen LogP contribution in [0.3, 0.4) is 0 Å². The summed E-state index contributed by atoms with van der Waals surface area (Å²) in [7, 11) is 0. The molecule has 1 amide bonds. The highest BCUT2D eigenvalue weighted by atomic mass is 16.3. The van der Waals surface area contributed by atoms with E-state index in [0.29, 0.717) is 29.4 Å². The van der Waals surface area contributed by atoms with Crippen molar-refractivity contribution in [3.8, 4) is 0 Å². The second kappa shape index (κ2) is 10.9. The largest absolute Gasteiger partial charge is 0.459 e. The van der Waals surface area contributed by atoms with Gasteiger partial charge in [-0.3, -0.25) is 9.69 Å². The van der Waals surface area contributed by atoms with Crippen LogP contribution in [0.15, 0.2) is 77.3 Å². The molecule has 2 unspecified atom stereocenters. The normalized spacial score (nSPS) is 23.5. The maximum Gasteiger partial charge on any atom is 0.276 e. The standard InChI is InChI=1S/C37H41N5O2/c1-25-22-27-14-18-38-34(35(27)44-25)36(43)40-19-15-37(16-20-40,28-8-4-3-5-9-28)17-21-41-29-12-13-30(41)24-31(23-29)42-26(2)39-32-10-6-7-11-33(32)42/h3-11,14,18,22,29-31H,12-13,15-17,19-21,23-24H2,1-2H3. The number of furan rings is 1. The SMILES string of the molecule is Cc1cc2ccnc(C(=O)N3CCC(CCN4C5CCC4CC(n4c(C)nc6ccccc64)C5)(c4ccccc4)CC3)c2o1. The number of aryl methyl sites for hydroxylation is 2. The van der Waals surface area contributed by atoms with E-state index in [1.807, 2.05) is 24.0 Å². The first kappa shape index (κ1) is 27.6. The Bertz CT molecular complexity index is 1800. The van der Waals surface area contributed by atoms with E-state index in [0.717, 1.165) is 61.4 Å². The highest BCUT2D eigenvalue weighted by molar-refractivity contribution is 6.03. The van der Waals surface area contributed by atoms with Crippen molar-refractivity contribution in [1.29, 1.82) is 0 Å². The fourth-order valence-electron chi connectivity index (χ4n) is 8.80. The molecule has 7 nitrogen and oxygen atoms in total. The van der Waals surface area contributed by atoms with Crippen molar-refractivity contribution in [1.82, 2.24) is 24.3 Å². The number of hydrogen-bond acceptors (Lipinski definition) is 5. The average Bonchev–Trinajstić information content (AvgIpc) is 3.68. The Hall–Kier alpha value is -3.97. The maximum absolute atomic E-state index is 13.7. The molecule has 2 aromatic carbocycles. The topological polar surface area (TPSA) is 67.4 Å². The van der Waals surface area contributed by atoms with E-state index in [-0.39, 0.29) is 11.3 Å². The van der Waals surface area contributed by atoms with E-state index in [1.165, 1.54) is 36.8 Å². The highest BCUT2D eigenvalue weighted by Crippen LogP contribution is 2.45. The number of carbonyl (C=O) groups excluding carboxylic acids is 1. The quantitative estimate of drug-likeness (QED) is 0.210. The van der Waals surface area contributed by atoms with Crippen LogP contribution in [0.25, 0.3) is 22.0 Å². The number of para-hydroxylation sites is 2. The van der Waals surface area contributed by atoms with Crippen molar-refractivity contribution < 1.29 is 9.21 Å². The lowest BCUT2D eigenvalue weighted by Gasteiger charge is -2.45. The third kappa shape index (κ3) is 4.64. The molecule has 7 heteroatoms. The van der Waals surface area contributed by atoms with Crippen LogP contribution in [-0.4, -0.2) is 62.0 Å². The van der Waals surface area contributed by atoms with Gasteiger partial charge in [0, 0.05) is 42.8 Å². The van der Waals surface area contributed by atoms with Gasteiger partial charge in [-0.2, -0.15) is 0 Å². The van der Waals surface area contributed by atoms with Gasteiger partial charge in [0.15, 0.2) is 11.3 Å². The predicted octanol–water partition coefficient (Wildman–Crippen LogP) is 7.23. The van der Waals surface area contributed by atoms with Gasteiger partial charge in [-0.15, -0.1) is 0 Å². The molecular formula is C37H41N5O2. The molecule has 3 fully saturated rings. The molecule has 3 saturated heterocycles. The van der Waals surface area contributed by atoms with Gasteiger partial charge in [0.1, 0.15) is 11.6 Å². The van der Waals surface area contributed by atoms with Crippen LogP contribution >= 0.6 is 0 Å². The fraction of sp³-hybridized carbons (Fsp3) is 0.432. The molecule has 226 valence electrons. The van der Waals surface area contributed by atoms with Crippen molar-refractivity contribution in [2.45, 2.75) is 82.3 Å². The number of fused-ring (bicyclic) bond motifs is 4. The molecule has 3 aliphatic rings. The zero-order chi connectivity index (χ0) is 29.8. The Balaban J connectivity index is 0.990. The molecule has 0 spiro atoms. The number of imidazole rings is 1. The Kier molecular flexibility index (Phi) is 6.82. The maximum atomic E-state index is 13.7. The molecule has 3 aromatic heterocycles. The van der Waals surface area contributed by atoms with Crippen molar-refractivity contribution in [3.05, 3.63) is 95.8 Å². The number of nitrogens with zero attached hydrogens (tertiary/aromatic N) is 5. The molecule has 6 heterocycles.